The number of allylic oxidation sites excluding steroid dienone is 1. The van der Waals surface area contributed by atoms with Crippen LogP contribution in [0.25, 0.3) is 32.9 Å². The van der Waals surface area contributed by atoms with Crippen LogP contribution in [0, 0.1) is 0 Å². The molecule has 1 atom stereocenters. The fourth-order valence-electron chi connectivity index (χ4n) is 8.10. The van der Waals surface area contributed by atoms with Crippen molar-refractivity contribution in [2.75, 3.05) is 59.1 Å². The summed E-state index contributed by atoms with van der Waals surface area (Å²) in [6.07, 6.45) is 10.4. The third-order valence-electron chi connectivity index (χ3n) is 11.3. The van der Waals surface area contributed by atoms with E-state index >= 15 is 0 Å². The number of aromatic amines is 1. The molecule has 6 heterocycles. The van der Waals surface area contributed by atoms with Gasteiger partial charge in [-0.2, -0.15) is 0 Å². The third kappa shape index (κ3) is 9.16. The summed E-state index contributed by atoms with van der Waals surface area (Å²) in [5.74, 6) is -3.41. The summed E-state index contributed by atoms with van der Waals surface area (Å²) in [7, 11) is 0. The van der Waals surface area contributed by atoms with Crippen LogP contribution in [0.2, 0.25) is 0 Å². The van der Waals surface area contributed by atoms with Gasteiger partial charge in [0.2, 0.25) is 5.91 Å². The number of pyridine rings is 2. The van der Waals surface area contributed by atoms with Gasteiger partial charge in [-0.3, -0.25) is 19.6 Å². The van der Waals surface area contributed by atoms with Crippen molar-refractivity contribution in [1.82, 2.24) is 35.0 Å². The number of fused-ring (bicyclic) bond motifs is 4. The second kappa shape index (κ2) is 17.1. The number of carbonyl (C=O) groups excluding carboxylic acids is 2. The quantitative estimate of drug-likeness (QED) is 0.108. The first-order chi connectivity index (χ1) is 27.7. The number of aromatic nitrogens is 3. The lowest BCUT2D eigenvalue weighted by Crippen LogP contribution is -2.49. The summed E-state index contributed by atoms with van der Waals surface area (Å²) < 4.78 is 40.0. The van der Waals surface area contributed by atoms with Gasteiger partial charge in [0, 0.05) is 102 Å². The number of nitrogens with one attached hydrogen (secondary N) is 2. The number of ether oxygens (including phenoxy) is 2. The Kier molecular flexibility index (Phi) is 11.6. The van der Waals surface area contributed by atoms with Gasteiger partial charge in [0.1, 0.15) is 18.4 Å². The molecule has 2 amide bonds. The van der Waals surface area contributed by atoms with E-state index in [-0.39, 0.29) is 30.7 Å². The summed E-state index contributed by atoms with van der Waals surface area (Å²) in [5.41, 5.74) is 7.28. The molecular formula is C44H49F2N7O4. The molecule has 2 aromatic carbocycles. The molecule has 3 aromatic heterocycles. The number of halogens is 2. The zero-order valence-corrected chi connectivity index (χ0v) is 32.2. The predicted octanol–water partition coefficient (Wildman–Crippen LogP) is 6.59. The Morgan fingerprint density at radius 1 is 0.860 bits per heavy atom. The molecule has 2 fully saturated rings. The number of piperidine rings is 1. The van der Waals surface area contributed by atoms with Crippen LogP contribution in [0.15, 0.2) is 85.5 Å². The molecule has 2 saturated heterocycles. The van der Waals surface area contributed by atoms with Crippen molar-refractivity contribution < 1.29 is 27.8 Å². The second-order valence-corrected chi connectivity index (χ2v) is 15.4. The first-order valence-electron chi connectivity index (χ1n) is 20.0. The van der Waals surface area contributed by atoms with Gasteiger partial charge in [0.25, 0.3) is 5.91 Å². The molecule has 13 heteroatoms. The molecule has 0 aliphatic carbocycles. The maximum atomic E-state index is 14.6. The molecule has 2 N–H and O–H groups in total. The second-order valence-electron chi connectivity index (χ2n) is 15.4. The Morgan fingerprint density at radius 3 is 2.46 bits per heavy atom. The van der Waals surface area contributed by atoms with Gasteiger partial charge in [-0.05, 0) is 99.1 Å². The van der Waals surface area contributed by atoms with Gasteiger partial charge < -0.3 is 34.5 Å². The van der Waals surface area contributed by atoms with Crippen LogP contribution in [0.1, 0.15) is 53.7 Å². The number of piperazine rings is 1. The van der Waals surface area contributed by atoms with Crippen LogP contribution < -0.4 is 10.1 Å². The van der Waals surface area contributed by atoms with E-state index in [1.165, 1.54) is 16.4 Å². The van der Waals surface area contributed by atoms with Gasteiger partial charge in [-0.1, -0.05) is 24.8 Å². The van der Waals surface area contributed by atoms with Crippen molar-refractivity contribution in [2.45, 2.75) is 57.0 Å². The molecule has 3 aliphatic rings. The Labute approximate surface area is 331 Å². The molecule has 0 saturated carbocycles. The number of nitrogens with zero attached hydrogens (tertiary/aromatic N) is 5. The molecule has 298 valence electrons. The lowest BCUT2D eigenvalue weighted by atomic mass is 10.0. The number of alkyl halides is 2. The van der Waals surface area contributed by atoms with Crippen LogP contribution >= 0.6 is 0 Å². The van der Waals surface area contributed by atoms with Crippen molar-refractivity contribution in [3.63, 3.8) is 0 Å². The Hall–Kier alpha value is -5.24. The average molecular weight is 778 g/mol. The number of aryl methyl sites for hydroxylation is 1. The first-order valence-corrected chi connectivity index (χ1v) is 20.0. The molecule has 3 aliphatic heterocycles. The molecule has 5 aromatic rings. The highest BCUT2D eigenvalue weighted by molar-refractivity contribution is 6.07. The smallest absolute Gasteiger partial charge is 0.304 e. The molecule has 0 radical (unpaired) electrons. The van der Waals surface area contributed by atoms with E-state index in [4.69, 9.17) is 14.5 Å². The molecule has 8 rings (SSSR count). The summed E-state index contributed by atoms with van der Waals surface area (Å²) in [6.45, 7) is 8.75. The van der Waals surface area contributed by atoms with Crippen LogP contribution in [0.3, 0.4) is 0 Å². The monoisotopic (exact) mass is 777 g/mol. The SMILES string of the molecule is C=C1CCC(N2Cc3cc(OCC(F)(F)COCCCCN4CCN(CCCc5ccc(-c6ccc7c(c6)[nH]c6ccncc67)cn5)CC4)ccc3C2=O)C(=O)N1. The fraction of sp³-hybridized carbons (Fsp3) is 0.409. The summed E-state index contributed by atoms with van der Waals surface area (Å²) >= 11 is 0. The zero-order valence-electron chi connectivity index (χ0n) is 32.2. The van der Waals surface area contributed by atoms with E-state index in [1.807, 2.05) is 18.5 Å². The number of carbonyl (C=O) groups is 2. The van der Waals surface area contributed by atoms with Crippen LogP contribution in [-0.4, -0.2) is 113 Å². The number of H-pyrrole nitrogens is 1. The van der Waals surface area contributed by atoms with Gasteiger partial charge in [0.15, 0.2) is 6.61 Å². The van der Waals surface area contributed by atoms with E-state index in [1.54, 1.807) is 18.3 Å². The third-order valence-corrected chi connectivity index (χ3v) is 11.3. The lowest BCUT2D eigenvalue weighted by Gasteiger charge is -2.34. The van der Waals surface area contributed by atoms with E-state index in [2.05, 4.69) is 62.0 Å². The lowest BCUT2D eigenvalue weighted by molar-refractivity contribution is -0.126. The zero-order chi connectivity index (χ0) is 39.4. The minimum Gasteiger partial charge on any atom is -0.487 e. The largest absolute Gasteiger partial charge is 0.487 e. The minimum absolute atomic E-state index is 0.227. The summed E-state index contributed by atoms with van der Waals surface area (Å²) in [6, 6.07) is 16.9. The standard InChI is InChI=1S/C44H49F2N7O4/c1-30-6-13-41(42(54)49-30)53-27-33-23-35(10-12-36(33)43(53)55)57-29-44(45,46)28-56-22-3-2-16-51-18-20-52(21-19-51)17-4-5-34-9-7-32(25-48-34)31-8-11-37-38-26-47-15-14-39(38)50-40(37)24-31/h7-12,14-15,23-26,41,50H,1-6,13,16-22,27-29H2,(H,49,54). The fourth-order valence-corrected chi connectivity index (χ4v) is 8.10. The first kappa shape index (κ1) is 38.6. The Morgan fingerprint density at radius 2 is 1.67 bits per heavy atom. The van der Waals surface area contributed by atoms with Crippen LogP contribution in [-0.2, 0) is 22.5 Å². The molecule has 0 bridgehead atoms. The van der Waals surface area contributed by atoms with E-state index in [9.17, 15) is 18.4 Å². The highest BCUT2D eigenvalue weighted by atomic mass is 19.3. The number of hydrogen-bond acceptors (Lipinski definition) is 8. The van der Waals surface area contributed by atoms with E-state index in [0.717, 1.165) is 91.8 Å². The minimum atomic E-state index is -3.16. The summed E-state index contributed by atoms with van der Waals surface area (Å²) in [5, 5.41) is 5.01. The molecular weight excluding hydrogens is 729 g/mol. The van der Waals surface area contributed by atoms with Gasteiger partial charge in [0.05, 0.1) is 0 Å². The van der Waals surface area contributed by atoms with Crippen molar-refractivity contribution in [3.8, 4) is 16.9 Å². The van der Waals surface area contributed by atoms with E-state index < -0.39 is 25.2 Å². The normalized spacial score (nSPS) is 18.1. The van der Waals surface area contributed by atoms with Crippen LogP contribution in [0.5, 0.6) is 5.75 Å². The van der Waals surface area contributed by atoms with Crippen molar-refractivity contribution in [1.29, 1.82) is 0 Å². The van der Waals surface area contributed by atoms with E-state index in [0.29, 0.717) is 36.1 Å². The highest BCUT2D eigenvalue weighted by Crippen LogP contribution is 2.32. The number of benzene rings is 2. The summed E-state index contributed by atoms with van der Waals surface area (Å²) in [4.78, 5) is 44.4. The molecule has 11 nitrogen and oxygen atoms in total. The molecule has 57 heavy (non-hydrogen) atoms. The van der Waals surface area contributed by atoms with Gasteiger partial charge in [-0.15, -0.1) is 0 Å². The number of rotatable bonds is 16. The van der Waals surface area contributed by atoms with Gasteiger partial charge in [-0.25, -0.2) is 8.78 Å². The Bertz CT molecular complexity index is 2240. The van der Waals surface area contributed by atoms with Gasteiger partial charge >= 0.3 is 5.92 Å². The molecule has 0 spiro atoms. The number of hydrogen-bond donors (Lipinski definition) is 2. The highest BCUT2D eigenvalue weighted by Gasteiger charge is 2.38. The number of unbranched alkanes of at least 4 members (excludes halogenated alkanes) is 1. The van der Waals surface area contributed by atoms with Crippen molar-refractivity contribution in [3.05, 3.63) is 102 Å². The predicted molar refractivity (Wildman–Crippen MR) is 215 cm³/mol. The number of amides is 2. The topological polar surface area (TPSA) is 116 Å². The average Bonchev–Trinajstić information content (AvgIpc) is 3.75. The van der Waals surface area contributed by atoms with Crippen LogP contribution in [0.4, 0.5) is 8.78 Å². The van der Waals surface area contributed by atoms with Crippen molar-refractivity contribution in [2.24, 2.45) is 0 Å². The van der Waals surface area contributed by atoms with Crippen molar-refractivity contribution >= 4 is 33.6 Å². The maximum Gasteiger partial charge on any atom is 0.304 e. The Balaban J connectivity index is 0.678. The maximum absolute atomic E-state index is 14.6. The molecule has 1 unspecified atom stereocenters.